The van der Waals surface area contributed by atoms with Gasteiger partial charge in [0.05, 0.1) is 14.2 Å². The van der Waals surface area contributed by atoms with Crippen molar-refractivity contribution in [2.75, 3.05) is 33.9 Å². The molecule has 1 aromatic carbocycles. The monoisotopic (exact) mass is 300 g/mol. The molecule has 1 aliphatic heterocycles. The van der Waals surface area contributed by atoms with E-state index in [9.17, 15) is 0 Å². The Kier molecular flexibility index (Phi) is 4.25. The molecule has 2 N–H and O–H groups in total. The number of halogens is 1. The van der Waals surface area contributed by atoms with E-state index < -0.39 is 0 Å². The van der Waals surface area contributed by atoms with Gasteiger partial charge >= 0.3 is 0 Å². The van der Waals surface area contributed by atoms with Crippen LogP contribution in [0.4, 0.5) is 0 Å². The minimum Gasteiger partial charge on any atom is -0.493 e. The number of piperazine rings is 1. The molecule has 0 bridgehead atoms. The van der Waals surface area contributed by atoms with Crippen molar-refractivity contribution in [3.05, 3.63) is 22.2 Å². The molecule has 0 unspecified atom stereocenters. The average molecular weight is 301 g/mol. The van der Waals surface area contributed by atoms with Gasteiger partial charge in [0.15, 0.2) is 11.5 Å². The van der Waals surface area contributed by atoms with Crippen molar-refractivity contribution in [1.29, 1.82) is 0 Å². The molecule has 17 heavy (non-hydrogen) atoms. The Labute approximate surface area is 110 Å². The van der Waals surface area contributed by atoms with Gasteiger partial charge in [0.1, 0.15) is 0 Å². The Balaban J connectivity index is 2.32. The molecule has 1 aliphatic rings. The summed E-state index contributed by atoms with van der Waals surface area (Å²) in [6, 6.07) is 4.27. The van der Waals surface area contributed by atoms with Crippen molar-refractivity contribution in [3.63, 3.8) is 0 Å². The third-order valence-corrected chi connectivity index (χ3v) is 3.61. The zero-order valence-corrected chi connectivity index (χ0v) is 11.6. The third-order valence-electron chi connectivity index (χ3n) is 2.92. The molecule has 1 aromatic rings. The highest BCUT2D eigenvalue weighted by atomic mass is 79.9. The molecule has 0 amide bonds. The van der Waals surface area contributed by atoms with E-state index in [4.69, 9.17) is 9.47 Å². The number of rotatable bonds is 3. The van der Waals surface area contributed by atoms with E-state index >= 15 is 0 Å². The van der Waals surface area contributed by atoms with Gasteiger partial charge in [-0.1, -0.05) is 15.9 Å². The van der Waals surface area contributed by atoms with Crippen LogP contribution in [-0.4, -0.2) is 33.9 Å². The van der Waals surface area contributed by atoms with Crippen LogP contribution in [0.15, 0.2) is 16.6 Å². The molecule has 2 rings (SSSR count). The van der Waals surface area contributed by atoms with Crippen molar-refractivity contribution < 1.29 is 9.47 Å². The van der Waals surface area contributed by atoms with Crippen LogP contribution in [0.3, 0.4) is 0 Å². The molecule has 0 spiro atoms. The van der Waals surface area contributed by atoms with Crippen LogP contribution in [0.25, 0.3) is 0 Å². The molecule has 1 saturated heterocycles. The van der Waals surface area contributed by atoms with Crippen LogP contribution < -0.4 is 20.1 Å². The molecule has 0 radical (unpaired) electrons. The zero-order valence-electron chi connectivity index (χ0n) is 10.0. The number of benzene rings is 1. The maximum Gasteiger partial charge on any atom is 0.161 e. The summed E-state index contributed by atoms with van der Waals surface area (Å²) in [5.41, 5.74) is 1.19. The summed E-state index contributed by atoms with van der Waals surface area (Å²) in [7, 11) is 3.30. The number of methoxy groups -OCH3 is 2. The van der Waals surface area contributed by atoms with Gasteiger partial charge in [-0.05, 0) is 17.7 Å². The minimum atomic E-state index is 0.304. The second kappa shape index (κ2) is 5.71. The first-order chi connectivity index (χ1) is 8.26. The van der Waals surface area contributed by atoms with Gasteiger partial charge < -0.3 is 20.1 Å². The first-order valence-electron chi connectivity index (χ1n) is 5.61. The molecular formula is C12H17BrN2O2. The summed E-state index contributed by atoms with van der Waals surface area (Å²) in [6.07, 6.45) is 0. The molecule has 94 valence electrons. The fraction of sp³-hybridized carbons (Fsp3) is 0.500. The number of hydrogen-bond acceptors (Lipinski definition) is 4. The summed E-state index contributed by atoms with van der Waals surface area (Å²) in [6.45, 7) is 2.92. The first kappa shape index (κ1) is 12.7. The minimum absolute atomic E-state index is 0.304. The molecule has 1 atom stereocenters. The molecule has 4 nitrogen and oxygen atoms in total. The lowest BCUT2D eigenvalue weighted by Gasteiger charge is -2.26. The highest BCUT2D eigenvalue weighted by molar-refractivity contribution is 9.10. The summed E-state index contributed by atoms with van der Waals surface area (Å²) < 4.78 is 11.6. The second-order valence-corrected chi connectivity index (χ2v) is 4.79. The van der Waals surface area contributed by atoms with E-state index in [1.807, 2.05) is 12.1 Å². The maximum absolute atomic E-state index is 5.33. The van der Waals surface area contributed by atoms with Crippen molar-refractivity contribution in [1.82, 2.24) is 10.6 Å². The maximum atomic E-state index is 5.33. The summed E-state index contributed by atoms with van der Waals surface area (Å²) in [4.78, 5) is 0. The SMILES string of the molecule is COc1cc(Br)c([C@H]2CNCCN2)cc1OC. The number of nitrogens with one attached hydrogen (secondary N) is 2. The molecule has 0 saturated carbocycles. The molecule has 1 fully saturated rings. The Morgan fingerprint density at radius 2 is 1.88 bits per heavy atom. The summed E-state index contributed by atoms with van der Waals surface area (Å²) in [5, 5.41) is 6.85. The van der Waals surface area contributed by atoms with Crippen LogP contribution >= 0.6 is 15.9 Å². The topological polar surface area (TPSA) is 42.5 Å². The van der Waals surface area contributed by atoms with E-state index in [1.54, 1.807) is 14.2 Å². The van der Waals surface area contributed by atoms with E-state index in [0.29, 0.717) is 6.04 Å². The average Bonchev–Trinajstić information content (AvgIpc) is 2.39. The van der Waals surface area contributed by atoms with E-state index in [-0.39, 0.29) is 0 Å². The van der Waals surface area contributed by atoms with Crippen molar-refractivity contribution in [3.8, 4) is 11.5 Å². The highest BCUT2D eigenvalue weighted by Gasteiger charge is 2.19. The fourth-order valence-corrected chi connectivity index (χ4v) is 2.61. The largest absolute Gasteiger partial charge is 0.493 e. The Bertz CT molecular complexity index is 392. The van der Waals surface area contributed by atoms with Crippen LogP contribution in [0.5, 0.6) is 11.5 Å². The van der Waals surface area contributed by atoms with Crippen LogP contribution in [0, 0.1) is 0 Å². The Morgan fingerprint density at radius 1 is 1.18 bits per heavy atom. The van der Waals surface area contributed by atoms with Crippen LogP contribution in [0.2, 0.25) is 0 Å². The van der Waals surface area contributed by atoms with Gasteiger partial charge in [0.2, 0.25) is 0 Å². The van der Waals surface area contributed by atoms with Crippen molar-refractivity contribution >= 4 is 15.9 Å². The van der Waals surface area contributed by atoms with Gasteiger partial charge in [0, 0.05) is 30.1 Å². The van der Waals surface area contributed by atoms with Gasteiger partial charge in [-0.15, -0.1) is 0 Å². The Hall–Kier alpha value is -0.780. The third kappa shape index (κ3) is 2.73. The normalized spacial score (nSPS) is 20.1. The lowest BCUT2D eigenvalue weighted by molar-refractivity contribution is 0.352. The second-order valence-electron chi connectivity index (χ2n) is 3.94. The van der Waals surface area contributed by atoms with E-state index in [2.05, 4.69) is 26.6 Å². The summed E-state index contributed by atoms with van der Waals surface area (Å²) in [5.74, 6) is 1.50. The quantitative estimate of drug-likeness (QED) is 0.892. The highest BCUT2D eigenvalue weighted by Crippen LogP contribution is 2.36. The van der Waals surface area contributed by atoms with Gasteiger partial charge in [0.25, 0.3) is 0 Å². The predicted molar refractivity (Wildman–Crippen MR) is 70.9 cm³/mol. The van der Waals surface area contributed by atoms with Gasteiger partial charge in [-0.3, -0.25) is 0 Å². The smallest absolute Gasteiger partial charge is 0.161 e. The molecule has 1 heterocycles. The number of ether oxygens (including phenoxy) is 2. The lowest BCUT2D eigenvalue weighted by atomic mass is 10.0. The van der Waals surface area contributed by atoms with Crippen LogP contribution in [0.1, 0.15) is 11.6 Å². The molecular weight excluding hydrogens is 284 g/mol. The number of hydrogen-bond donors (Lipinski definition) is 2. The van der Waals surface area contributed by atoms with Gasteiger partial charge in [-0.2, -0.15) is 0 Å². The van der Waals surface area contributed by atoms with E-state index in [0.717, 1.165) is 35.6 Å². The molecule has 0 aliphatic carbocycles. The molecule has 5 heteroatoms. The predicted octanol–water partition coefficient (Wildman–Crippen LogP) is 1.70. The van der Waals surface area contributed by atoms with Crippen LogP contribution in [-0.2, 0) is 0 Å². The summed E-state index contributed by atoms with van der Waals surface area (Å²) >= 11 is 3.58. The standard InChI is InChI=1S/C12H17BrN2O2/c1-16-11-5-8(9(13)6-12(11)17-2)10-7-14-3-4-15-10/h5-6,10,14-15H,3-4,7H2,1-2H3/t10-/m1/s1. The Morgan fingerprint density at radius 3 is 2.47 bits per heavy atom. The van der Waals surface area contributed by atoms with Crippen molar-refractivity contribution in [2.24, 2.45) is 0 Å². The fourth-order valence-electron chi connectivity index (χ4n) is 2.01. The first-order valence-corrected chi connectivity index (χ1v) is 6.41. The van der Waals surface area contributed by atoms with Gasteiger partial charge in [-0.25, -0.2) is 0 Å². The van der Waals surface area contributed by atoms with Crippen molar-refractivity contribution in [2.45, 2.75) is 6.04 Å². The van der Waals surface area contributed by atoms with E-state index in [1.165, 1.54) is 5.56 Å². The molecule has 0 aromatic heterocycles. The lowest BCUT2D eigenvalue weighted by Crippen LogP contribution is -2.42. The zero-order chi connectivity index (χ0) is 12.3.